The molecule has 0 saturated heterocycles. The Labute approximate surface area is 75.5 Å². The second-order valence-electron chi connectivity index (χ2n) is 3.86. The quantitative estimate of drug-likeness (QED) is 0.505. The Balaban J connectivity index is 2.27. The highest BCUT2D eigenvalue weighted by Crippen LogP contribution is 2.27. The van der Waals surface area contributed by atoms with Crippen LogP contribution in [0.5, 0.6) is 0 Å². The Morgan fingerprint density at radius 3 is 2.83 bits per heavy atom. The fourth-order valence-electron chi connectivity index (χ4n) is 1.80. The van der Waals surface area contributed by atoms with Crippen LogP contribution in [0.25, 0.3) is 0 Å². The van der Waals surface area contributed by atoms with Crippen LogP contribution in [0, 0.1) is 0 Å². The zero-order valence-electron chi connectivity index (χ0n) is 8.05. The average Bonchev–Trinajstić information content (AvgIpc) is 2.06. The summed E-state index contributed by atoms with van der Waals surface area (Å²) in [6, 6.07) is 0. The minimum atomic E-state index is -0.451. The van der Waals surface area contributed by atoms with Crippen LogP contribution in [-0.4, -0.2) is 10.7 Å². The normalized spacial score (nSPS) is 29.2. The Bertz CT molecular complexity index is 151. The first-order chi connectivity index (χ1) is 5.77. The fraction of sp³-hybridized carbons (Fsp3) is 0.818. The molecule has 1 aliphatic rings. The van der Waals surface area contributed by atoms with Gasteiger partial charge in [-0.2, -0.15) is 0 Å². The molecule has 1 aliphatic carbocycles. The molecule has 0 aliphatic heterocycles. The van der Waals surface area contributed by atoms with E-state index in [4.69, 9.17) is 0 Å². The lowest BCUT2D eigenvalue weighted by Gasteiger charge is -2.27. The van der Waals surface area contributed by atoms with E-state index in [-0.39, 0.29) is 0 Å². The number of unbranched alkanes of at least 4 members (excludes halogenated alkanes) is 2. The molecule has 1 heteroatoms. The van der Waals surface area contributed by atoms with Crippen molar-refractivity contribution in [3.8, 4) is 0 Å². The van der Waals surface area contributed by atoms with Gasteiger partial charge in [0.1, 0.15) is 0 Å². The average molecular weight is 168 g/mol. The van der Waals surface area contributed by atoms with Gasteiger partial charge in [-0.3, -0.25) is 0 Å². The van der Waals surface area contributed by atoms with Crippen molar-refractivity contribution >= 4 is 0 Å². The molecule has 12 heavy (non-hydrogen) atoms. The van der Waals surface area contributed by atoms with Gasteiger partial charge in [-0.25, -0.2) is 0 Å². The molecule has 0 aromatic rings. The van der Waals surface area contributed by atoms with Gasteiger partial charge in [0.15, 0.2) is 0 Å². The molecule has 1 unspecified atom stereocenters. The molecule has 0 spiro atoms. The molecular weight excluding hydrogens is 148 g/mol. The van der Waals surface area contributed by atoms with Gasteiger partial charge in [0.05, 0.1) is 5.60 Å². The molecule has 0 aromatic carbocycles. The zero-order valence-corrected chi connectivity index (χ0v) is 8.05. The van der Waals surface area contributed by atoms with Crippen molar-refractivity contribution in [2.75, 3.05) is 0 Å². The molecule has 0 heterocycles. The maximum Gasteiger partial charge on any atom is 0.0827 e. The van der Waals surface area contributed by atoms with Gasteiger partial charge >= 0.3 is 0 Å². The molecule has 0 saturated carbocycles. The Hall–Kier alpha value is -0.300. The van der Waals surface area contributed by atoms with Crippen molar-refractivity contribution in [2.45, 2.75) is 57.5 Å². The summed E-state index contributed by atoms with van der Waals surface area (Å²) >= 11 is 0. The Morgan fingerprint density at radius 1 is 1.42 bits per heavy atom. The Morgan fingerprint density at radius 2 is 2.25 bits per heavy atom. The van der Waals surface area contributed by atoms with E-state index in [9.17, 15) is 5.11 Å². The summed E-state index contributed by atoms with van der Waals surface area (Å²) in [5.41, 5.74) is -0.451. The number of allylic oxidation sites excluding steroid dienone is 1. The summed E-state index contributed by atoms with van der Waals surface area (Å²) in [4.78, 5) is 0. The fourth-order valence-corrected chi connectivity index (χ4v) is 1.80. The van der Waals surface area contributed by atoms with E-state index in [2.05, 4.69) is 13.0 Å². The molecule has 70 valence electrons. The van der Waals surface area contributed by atoms with Crippen molar-refractivity contribution in [1.82, 2.24) is 0 Å². The maximum atomic E-state index is 10.0. The second-order valence-corrected chi connectivity index (χ2v) is 3.86. The molecule has 1 rings (SSSR count). The SMILES string of the molecule is CCCCCC1(O)C=CCCC1. The van der Waals surface area contributed by atoms with Gasteiger partial charge in [-0.1, -0.05) is 38.3 Å². The number of hydrogen-bond donors (Lipinski definition) is 1. The third-order valence-electron chi connectivity index (χ3n) is 2.62. The van der Waals surface area contributed by atoms with Crippen molar-refractivity contribution in [2.24, 2.45) is 0 Å². The molecule has 1 N–H and O–H groups in total. The first-order valence-electron chi connectivity index (χ1n) is 5.17. The van der Waals surface area contributed by atoms with Gasteiger partial charge in [0.25, 0.3) is 0 Å². The van der Waals surface area contributed by atoms with Crippen LogP contribution in [-0.2, 0) is 0 Å². The summed E-state index contributed by atoms with van der Waals surface area (Å²) in [6.07, 6.45) is 12.0. The van der Waals surface area contributed by atoms with Crippen molar-refractivity contribution < 1.29 is 5.11 Å². The smallest absolute Gasteiger partial charge is 0.0827 e. The van der Waals surface area contributed by atoms with Crippen LogP contribution in [0.15, 0.2) is 12.2 Å². The summed E-state index contributed by atoms with van der Waals surface area (Å²) in [7, 11) is 0. The third-order valence-corrected chi connectivity index (χ3v) is 2.62. The lowest BCUT2D eigenvalue weighted by atomic mass is 9.86. The van der Waals surface area contributed by atoms with E-state index >= 15 is 0 Å². The zero-order chi connectivity index (χ0) is 8.86. The first kappa shape index (κ1) is 9.79. The molecular formula is C11H20O. The van der Waals surface area contributed by atoms with Gasteiger partial charge < -0.3 is 5.11 Å². The maximum absolute atomic E-state index is 10.0. The summed E-state index contributed by atoms with van der Waals surface area (Å²) in [6.45, 7) is 2.20. The summed E-state index contributed by atoms with van der Waals surface area (Å²) in [5.74, 6) is 0. The lowest BCUT2D eigenvalue weighted by Crippen LogP contribution is -2.27. The highest BCUT2D eigenvalue weighted by atomic mass is 16.3. The first-order valence-corrected chi connectivity index (χ1v) is 5.17. The van der Waals surface area contributed by atoms with Gasteiger partial charge in [-0.05, 0) is 25.7 Å². The summed E-state index contributed by atoms with van der Waals surface area (Å²) in [5, 5.41) is 10.0. The van der Waals surface area contributed by atoms with E-state index in [1.807, 2.05) is 6.08 Å². The standard InChI is InChI=1S/C11H20O/c1-2-3-5-8-11(12)9-6-4-7-10-11/h6,9,12H,2-5,7-8,10H2,1H3. The van der Waals surface area contributed by atoms with E-state index < -0.39 is 5.60 Å². The highest BCUT2D eigenvalue weighted by molar-refractivity contribution is 5.04. The van der Waals surface area contributed by atoms with E-state index in [0.717, 1.165) is 32.1 Å². The number of hydrogen-bond acceptors (Lipinski definition) is 1. The van der Waals surface area contributed by atoms with Crippen LogP contribution in [0.3, 0.4) is 0 Å². The minimum absolute atomic E-state index is 0.451. The molecule has 0 bridgehead atoms. The minimum Gasteiger partial charge on any atom is -0.386 e. The van der Waals surface area contributed by atoms with Crippen LogP contribution in [0.1, 0.15) is 51.9 Å². The number of aliphatic hydroxyl groups is 1. The monoisotopic (exact) mass is 168 g/mol. The molecule has 0 fully saturated rings. The molecule has 0 radical (unpaired) electrons. The molecule has 1 atom stereocenters. The summed E-state index contributed by atoms with van der Waals surface area (Å²) < 4.78 is 0. The van der Waals surface area contributed by atoms with Crippen LogP contribution < -0.4 is 0 Å². The van der Waals surface area contributed by atoms with Crippen LogP contribution in [0.2, 0.25) is 0 Å². The largest absolute Gasteiger partial charge is 0.386 e. The topological polar surface area (TPSA) is 20.2 Å². The predicted octanol–water partition coefficient (Wildman–Crippen LogP) is 3.04. The van der Waals surface area contributed by atoms with E-state index in [0.29, 0.717) is 0 Å². The van der Waals surface area contributed by atoms with Crippen molar-refractivity contribution in [3.63, 3.8) is 0 Å². The van der Waals surface area contributed by atoms with Gasteiger partial charge in [0.2, 0.25) is 0 Å². The highest BCUT2D eigenvalue weighted by Gasteiger charge is 2.23. The van der Waals surface area contributed by atoms with Gasteiger partial charge in [-0.15, -0.1) is 0 Å². The predicted molar refractivity (Wildman–Crippen MR) is 52.1 cm³/mol. The van der Waals surface area contributed by atoms with Crippen LogP contribution in [0.4, 0.5) is 0 Å². The second kappa shape index (κ2) is 4.66. The van der Waals surface area contributed by atoms with Crippen LogP contribution >= 0.6 is 0 Å². The molecule has 0 amide bonds. The third kappa shape index (κ3) is 2.98. The van der Waals surface area contributed by atoms with E-state index in [1.54, 1.807) is 0 Å². The van der Waals surface area contributed by atoms with Crippen molar-refractivity contribution in [3.05, 3.63) is 12.2 Å². The number of rotatable bonds is 4. The van der Waals surface area contributed by atoms with Gasteiger partial charge in [0, 0.05) is 0 Å². The van der Waals surface area contributed by atoms with Crippen molar-refractivity contribution in [1.29, 1.82) is 0 Å². The molecule has 0 aromatic heterocycles. The molecule has 1 nitrogen and oxygen atoms in total. The lowest BCUT2D eigenvalue weighted by molar-refractivity contribution is 0.0629. The Kier molecular flexibility index (Phi) is 3.80. The van der Waals surface area contributed by atoms with E-state index in [1.165, 1.54) is 12.8 Å².